The molecule has 1 N–H and O–H groups in total. The Hall–Kier alpha value is -3.37. The molecule has 2 aromatic heterocycles. The Morgan fingerprint density at radius 3 is 2.40 bits per heavy atom. The Balaban J connectivity index is 2.62. The van der Waals surface area contributed by atoms with Gasteiger partial charge in [0.1, 0.15) is 0 Å². The predicted octanol–water partition coefficient (Wildman–Crippen LogP) is 0.782. The van der Waals surface area contributed by atoms with Crippen molar-refractivity contribution >= 4 is 17.5 Å². The van der Waals surface area contributed by atoms with Crippen molar-refractivity contribution in [2.75, 3.05) is 0 Å². The van der Waals surface area contributed by atoms with Crippen molar-refractivity contribution in [1.82, 2.24) is 14.8 Å². The highest BCUT2D eigenvalue weighted by Gasteiger charge is 2.24. The fraction of sp³-hybridized carbons (Fsp3) is 0. The van der Waals surface area contributed by atoms with Gasteiger partial charge in [0, 0.05) is 6.07 Å². The van der Waals surface area contributed by atoms with E-state index in [0.717, 1.165) is 29.1 Å². The van der Waals surface area contributed by atoms with Crippen LogP contribution < -0.4 is 0 Å². The van der Waals surface area contributed by atoms with Gasteiger partial charge in [0.15, 0.2) is 5.69 Å². The molecule has 11 heteroatoms. The number of hydrogen-bond acceptors (Lipinski definition) is 7. The van der Waals surface area contributed by atoms with Gasteiger partial charge < -0.3 is 15.2 Å². The Bertz CT molecular complexity index is 723. The number of hydrogen-bond donors (Lipinski definition) is 1. The van der Waals surface area contributed by atoms with Gasteiger partial charge in [-0.25, -0.2) is 9.78 Å². The van der Waals surface area contributed by atoms with Crippen molar-refractivity contribution in [2.45, 2.75) is 0 Å². The minimum absolute atomic E-state index is 0.414. The quantitative estimate of drug-likeness (QED) is 0.635. The molecule has 0 atom stereocenters. The molecule has 2 rings (SSSR count). The first-order valence-electron chi connectivity index (χ1n) is 4.99. The SMILES string of the molecule is O=C(O)c1ccc([N+](=O)[O-])c(-n2ccc([N+](=O)[O-])n2)n1. The number of carboxylic acids is 1. The van der Waals surface area contributed by atoms with Crippen LogP contribution in [0.15, 0.2) is 24.4 Å². The van der Waals surface area contributed by atoms with E-state index in [2.05, 4.69) is 10.1 Å². The highest BCUT2D eigenvalue weighted by Crippen LogP contribution is 2.21. The molecule has 0 unspecified atom stereocenters. The molecule has 20 heavy (non-hydrogen) atoms. The van der Waals surface area contributed by atoms with E-state index in [1.807, 2.05) is 0 Å². The van der Waals surface area contributed by atoms with E-state index >= 15 is 0 Å². The van der Waals surface area contributed by atoms with Crippen LogP contribution in [0.5, 0.6) is 0 Å². The maximum absolute atomic E-state index is 10.9. The number of carboxylic acid groups (broad SMARTS) is 1. The lowest BCUT2D eigenvalue weighted by molar-refractivity contribution is -0.390. The first-order valence-corrected chi connectivity index (χ1v) is 4.99. The van der Waals surface area contributed by atoms with Gasteiger partial charge in [-0.05, 0) is 11.0 Å². The van der Waals surface area contributed by atoms with E-state index in [9.17, 15) is 25.0 Å². The van der Waals surface area contributed by atoms with Crippen molar-refractivity contribution in [3.63, 3.8) is 0 Å². The van der Waals surface area contributed by atoms with Crippen LogP contribution in [0.3, 0.4) is 0 Å². The predicted molar refractivity (Wildman–Crippen MR) is 61.6 cm³/mol. The summed E-state index contributed by atoms with van der Waals surface area (Å²) in [6, 6.07) is 2.92. The Morgan fingerprint density at radius 2 is 1.90 bits per heavy atom. The molecule has 0 aliphatic heterocycles. The van der Waals surface area contributed by atoms with Gasteiger partial charge in [0.05, 0.1) is 22.3 Å². The first-order chi connectivity index (χ1) is 9.40. The number of aromatic carboxylic acids is 1. The molecule has 102 valence electrons. The summed E-state index contributed by atoms with van der Waals surface area (Å²) >= 11 is 0. The normalized spacial score (nSPS) is 10.2. The van der Waals surface area contributed by atoms with E-state index in [4.69, 9.17) is 5.11 Å². The van der Waals surface area contributed by atoms with Gasteiger partial charge in [-0.15, -0.1) is 4.68 Å². The summed E-state index contributed by atoms with van der Waals surface area (Å²) in [6.07, 6.45) is 1.08. The highest BCUT2D eigenvalue weighted by atomic mass is 16.6. The third-order valence-corrected chi connectivity index (χ3v) is 2.25. The average Bonchev–Trinajstić information content (AvgIpc) is 2.87. The molecule has 2 heterocycles. The summed E-state index contributed by atoms with van der Waals surface area (Å²) in [5.41, 5.74) is -0.961. The van der Waals surface area contributed by atoms with E-state index in [0.29, 0.717) is 0 Å². The lowest BCUT2D eigenvalue weighted by atomic mass is 10.3. The van der Waals surface area contributed by atoms with Gasteiger partial charge in [-0.2, -0.15) is 0 Å². The van der Waals surface area contributed by atoms with Crippen LogP contribution in [0.2, 0.25) is 0 Å². The summed E-state index contributed by atoms with van der Waals surface area (Å²) in [5.74, 6) is -2.34. The molecule has 0 aromatic carbocycles. The number of carbonyl (C=O) groups is 1. The zero-order valence-corrected chi connectivity index (χ0v) is 9.53. The van der Waals surface area contributed by atoms with Crippen LogP contribution in [-0.2, 0) is 0 Å². The summed E-state index contributed by atoms with van der Waals surface area (Å²) in [7, 11) is 0. The van der Waals surface area contributed by atoms with E-state index in [1.165, 1.54) is 0 Å². The fourth-order valence-electron chi connectivity index (χ4n) is 1.40. The standard InChI is InChI=1S/C9H5N5O6/c15-9(16)5-1-2-6(13(17)18)8(10-5)12-4-3-7(11-12)14(19)20/h1-4H,(H,15,16). The monoisotopic (exact) mass is 279 g/mol. The molecule has 0 aliphatic rings. The van der Waals surface area contributed by atoms with Crippen LogP contribution in [0.4, 0.5) is 11.5 Å². The topological polar surface area (TPSA) is 154 Å². The van der Waals surface area contributed by atoms with Crippen LogP contribution in [-0.4, -0.2) is 35.7 Å². The van der Waals surface area contributed by atoms with Crippen LogP contribution in [0, 0.1) is 20.2 Å². The van der Waals surface area contributed by atoms with Crippen LogP contribution >= 0.6 is 0 Å². The third kappa shape index (κ3) is 2.27. The lowest BCUT2D eigenvalue weighted by Crippen LogP contribution is -2.09. The van der Waals surface area contributed by atoms with Crippen molar-refractivity contribution in [3.05, 3.63) is 50.3 Å². The first kappa shape index (κ1) is 13.1. The largest absolute Gasteiger partial charge is 0.477 e. The Labute approximate surface area is 109 Å². The molecule has 0 aliphatic carbocycles. The molecular formula is C9H5N5O6. The van der Waals surface area contributed by atoms with Gasteiger partial charge in [0.2, 0.25) is 0 Å². The number of nitro groups is 2. The summed E-state index contributed by atoms with van der Waals surface area (Å²) in [5, 5.41) is 33.7. The number of pyridine rings is 1. The van der Waals surface area contributed by atoms with Crippen LogP contribution in [0.25, 0.3) is 5.82 Å². The molecule has 0 radical (unpaired) electrons. The summed E-state index contributed by atoms with van der Waals surface area (Å²) < 4.78 is 0.780. The zero-order chi connectivity index (χ0) is 14.9. The van der Waals surface area contributed by atoms with Crippen molar-refractivity contribution in [1.29, 1.82) is 0 Å². The molecule has 0 fully saturated rings. The van der Waals surface area contributed by atoms with Crippen molar-refractivity contribution in [2.24, 2.45) is 0 Å². The van der Waals surface area contributed by atoms with E-state index in [1.54, 1.807) is 0 Å². The zero-order valence-electron chi connectivity index (χ0n) is 9.53. The molecule has 0 amide bonds. The van der Waals surface area contributed by atoms with Gasteiger partial charge in [-0.3, -0.25) is 10.1 Å². The lowest BCUT2D eigenvalue weighted by Gasteiger charge is -2.00. The Kier molecular flexibility index (Phi) is 3.08. The van der Waals surface area contributed by atoms with E-state index in [-0.39, 0.29) is 0 Å². The van der Waals surface area contributed by atoms with Gasteiger partial charge >= 0.3 is 17.5 Å². The van der Waals surface area contributed by atoms with Crippen LogP contribution in [0.1, 0.15) is 10.5 Å². The average molecular weight is 279 g/mol. The smallest absolute Gasteiger partial charge is 0.390 e. The van der Waals surface area contributed by atoms with Crippen molar-refractivity contribution in [3.8, 4) is 5.82 Å². The number of aromatic nitrogens is 3. The molecule has 0 bridgehead atoms. The second-order valence-corrected chi connectivity index (χ2v) is 3.48. The second-order valence-electron chi connectivity index (χ2n) is 3.48. The third-order valence-electron chi connectivity index (χ3n) is 2.25. The molecule has 0 spiro atoms. The maximum atomic E-state index is 10.9. The van der Waals surface area contributed by atoms with Gasteiger partial charge in [-0.1, -0.05) is 0 Å². The number of rotatable bonds is 4. The maximum Gasteiger partial charge on any atom is 0.390 e. The number of nitrogens with zero attached hydrogens (tertiary/aromatic N) is 5. The molecule has 0 saturated heterocycles. The molecule has 2 aromatic rings. The summed E-state index contributed by atoms with van der Waals surface area (Å²) in [6.45, 7) is 0. The Morgan fingerprint density at radius 1 is 1.20 bits per heavy atom. The highest BCUT2D eigenvalue weighted by molar-refractivity contribution is 5.86. The van der Waals surface area contributed by atoms with Crippen molar-refractivity contribution < 1.29 is 19.7 Å². The van der Waals surface area contributed by atoms with E-state index < -0.39 is 38.8 Å². The summed E-state index contributed by atoms with van der Waals surface area (Å²) in [4.78, 5) is 34.2. The minimum Gasteiger partial charge on any atom is -0.477 e. The minimum atomic E-state index is -1.39. The molecule has 11 nitrogen and oxygen atoms in total. The molecular weight excluding hydrogens is 274 g/mol. The van der Waals surface area contributed by atoms with Gasteiger partial charge in [0.25, 0.3) is 5.82 Å². The fourth-order valence-corrected chi connectivity index (χ4v) is 1.40. The second kappa shape index (κ2) is 4.72. The molecule has 0 saturated carbocycles.